The van der Waals surface area contributed by atoms with Crippen molar-refractivity contribution in [2.45, 2.75) is 32.9 Å². The van der Waals surface area contributed by atoms with Crippen LogP contribution < -0.4 is 15.5 Å². The molecular formula is C17H27N3O2. The van der Waals surface area contributed by atoms with Crippen molar-refractivity contribution in [1.29, 1.82) is 0 Å². The van der Waals surface area contributed by atoms with Crippen molar-refractivity contribution in [1.82, 2.24) is 10.6 Å². The number of carbonyl (C=O) groups excluding carboxylic acids is 1. The quantitative estimate of drug-likeness (QED) is 0.740. The molecule has 1 amide bonds. The molecule has 1 aromatic carbocycles. The second-order valence-electron chi connectivity index (χ2n) is 6.12. The summed E-state index contributed by atoms with van der Waals surface area (Å²) < 4.78 is 0. The van der Waals surface area contributed by atoms with Crippen LogP contribution in [0.15, 0.2) is 24.3 Å². The van der Waals surface area contributed by atoms with Crippen molar-refractivity contribution in [3.63, 3.8) is 0 Å². The molecule has 1 aliphatic heterocycles. The van der Waals surface area contributed by atoms with Gasteiger partial charge in [-0.15, -0.1) is 0 Å². The molecule has 1 aliphatic rings. The van der Waals surface area contributed by atoms with Crippen LogP contribution >= 0.6 is 0 Å². The van der Waals surface area contributed by atoms with E-state index in [1.165, 1.54) is 0 Å². The van der Waals surface area contributed by atoms with E-state index in [9.17, 15) is 9.90 Å². The van der Waals surface area contributed by atoms with Gasteiger partial charge in [0.1, 0.15) is 0 Å². The number of anilines is 1. The number of carbonyl (C=O) groups is 1. The van der Waals surface area contributed by atoms with E-state index in [0.29, 0.717) is 24.7 Å². The predicted octanol–water partition coefficient (Wildman–Crippen LogP) is 1.23. The lowest BCUT2D eigenvalue weighted by atomic mass is 10.1. The summed E-state index contributed by atoms with van der Waals surface area (Å²) in [7, 11) is 0. The number of aliphatic hydroxyl groups is 1. The van der Waals surface area contributed by atoms with Crippen LogP contribution in [-0.2, 0) is 0 Å². The Morgan fingerprint density at radius 1 is 1.36 bits per heavy atom. The van der Waals surface area contributed by atoms with Crippen LogP contribution in [0.3, 0.4) is 0 Å². The van der Waals surface area contributed by atoms with E-state index in [1.807, 2.05) is 24.3 Å². The molecule has 1 aromatic rings. The summed E-state index contributed by atoms with van der Waals surface area (Å²) in [5.41, 5.74) is 1.79. The number of hydrogen-bond donors (Lipinski definition) is 3. The fraction of sp³-hybridized carbons (Fsp3) is 0.588. The van der Waals surface area contributed by atoms with Gasteiger partial charge in [0.2, 0.25) is 0 Å². The number of aliphatic hydroxyl groups excluding tert-OH is 1. The zero-order valence-electron chi connectivity index (χ0n) is 13.7. The van der Waals surface area contributed by atoms with Crippen LogP contribution in [0.1, 0.15) is 31.1 Å². The second-order valence-corrected chi connectivity index (χ2v) is 6.12. The maximum absolute atomic E-state index is 12.2. The lowest BCUT2D eigenvalue weighted by molar-refractivity contribution is 0.0927. The summed E-state index contributed by atoms with van der Waals surface area (Å²) in [6.45, 7) is 9.24. The van der Waals surface area contributed by atoms with E-state index >= 15 is 0 Å². The summed E-state index contributed by atoms with van der Waals surface area (Å²) in [4.78, 5) is 14.4. The first-order chi connectivity index (χ1) is 10.5. The highest BCUT2D eigenvalue weighted by molar-refractivity contribution is 5.94. The minimum Gasteiger partial charge on any atom is -0.391 e. The third-order valence-corrected chi connectivity index (χ3v) is 4.25. The molecule has 1 heterocycles. The van der Waals surface area contributed by atoms with Gasteiger partial charge in [-0.3, -0.25) is 4.79 Å². The molecule has 0 aromatic heterocycles. The molecule has 2 unspecified atom stereocenters. The summed E-state index contributed by atoms with van der Waals surface area (Å²) in [5.74, 6) is 0.0120. The standard InChI is InChI=1S/C17H27N3O2/c1-4-20(12(2)3)15-7-5-13(6-8-15)17(22)19-10-14-9-18-11-16(14)21/h5-8,12,14,16,18,21H,4,9-11H2,1-3H3,(H,19,22). The largest absolute Gasteiger partial charge is 0.391 e. The predicted molar refractivity (Wildman–Crippen MR) is 89.3 cm³/mol. The van der Waals surface area contributed by atoms with Crippen LogP contribution in [-0.4, -0.2) is 49.3 Å². The van der Waals surface area contributed by atoms with Crippen LogP contribution in [0.4, 0.5) is 5.69 Å². The number of nitrogens with one attached hydrogen (secondary N) is 2. The summed E-state index contributed by atoms with van der Waals surface area (Å²) >= 11 is 0. The van der Waals surface area contributed by atoms with E-state index in [2.05, 4.69) is 36.3 Å². The molecule has 3 N–H and O–H groups in total. The highest BCUT2D eigenvalue weighted by atomic mass is 16.3. The van der Waals surface area contributed by atoms with E-state index < -0.39 is 0 Å². The Balaban J connectivity index is 1.93. The molecule has 0 bridgehead atoms. The normalized spacial score (nSPS) is 21.1. The Morgan fingerprint density at radius 3 is 2.55 bits per heavy atom. The smallest absolute Gasteiger partial charge is 0.251 e. The molecule has 1 saturated heterocycles. The fourth-order valence-electron chi connectivity index (χ4n) is 2.90. The molecule has 0 saturated carbocycles. The Kier molecular flexibility index (Phi) is 5.80. The van der Waals surface area contributed by atoms with E-state index in [0.717, 1.165) is 18.8 Å². The van der Waals surface area contributed by atoms with Gasteiger partial charge < -0.3 is 20.6 Å². The Hall–Kier alpha value is -1.59. The maximum atomic E-state index is 12.2. The second kappa shape index (κ2) is 7.61. The Labute approximate surface area is 132 Å². The van der Waals surface area contributed by atoms with E-state index in [4.69, 9.17) is 0 Å². The maximum Gasteiger partial charge on any atom is 0.251 e. The number of amides is 1. The van der Waals surface area contributed by atoms with Gasteiger partial charge in [-0.1, -0.05) is 0 Å². The monoisotopic (exact) mass is 305 g/mol. The number of benzene rings is 1. The van der Waals surface area contributed by atoms with Gasteiger partial charge >= 0.3 is 0 Å². The van der Waals surface area contributed by atoms with Crippen molar-refractivity contribution in [3.05, 3.63) is 29.8 Å². The molecule has 1 fully saturated rings. The zero-order valence-corrected chi connectivity index (χ0v) is 13.7. The minimum absolute atomic E-state index is 0.0850. The van der Waals surface area contributed by atoms with Crippen LogP contribution in [0, 0.1) is 5.92 Å². The number of β-amino-alcohol motifs (C(OH)–C–C–N with tert-alkyl or cyclic N) is 1. The molecule has 0 spiro atoms. The Bertz CT molecular complexity index is 487. The first-order valence-corrected chi connectivity index (χ1v) is 8.06. The highest BCUT2D eigenvalue weighted by Gasteiger charge is 2.25. The number of hydrogen-bond acceptors (Lipinski definition) is 4. The van der Waals surface area contributed by atoms with E-state index in [1.54, 1.807) is 0 Å². The average Bonchev–Trinajstić information content (AvgIpc) is 2.91. The molecule has 0 radical (unpaired) electrons. The third kappa shape index (κ3) is 3.99. The van der Waals surface area contributed by atoms with Gasteiger partial charge in [-0.05, 0) is 45.0 Å². The molecule has 22 heavy (non-hydrogen) atoms. The van der Waals surface area contributed by atoms with Crippen molar-refractivity contribution < 1.29 is 9.90 Å². The van der Waals surface area contributed by atoms with Gasteiger partial charge in [0.05, 0.1) is 6.10 Å². The van der Waals surface area contributed by atoms with Gasteiger partial charge in [-0.25, -0.2) is 0 Å². The first-order valence-electron chi connectivity index (χ1n) is 8.06. The van der Waals surface area contributed by atoms with Gasteiger partial charge in [0.15, 0.2) is 0 Å². The Morgan fingerprint density at radius 2 is 2.05 bits per heavy atom. The van der Waals surface area contributed by atoms with Gasteiger partial charge in [0.25, 0.3) is 5.91 Å². The van der Waals surface area contributed by atoms with Crippen molar-refractivity contribution in [3.8, 4) is 0 Å². The number of rotatable bonds is 6. The highest BCUT2D eigenvalue weighted by Crippen LogP contribution is 2.17. The average molecular weight is 305 g/mol. The summed E-state index contributed by atoms with van der Waals surface area (Å²) in [6, 6.07) is 8.13. The van der Waals surface area contributed by atoms with Crippen molar-refractivity contribution in [2.24, 2.45) is 5.92 Å². The summed E-state index contributed by atoms with van der Waals surface area (Å²) in [6.07, 6.45) is -0.369. The minimum atomic E-state index is -0.369. The van der Waals surface area contributed by atoms with Crippen LogP contribution in [0.2, 0.25) is 0 Å². The zero-order chi connectivity index (χ0) is 16.1. The molecule has 122 valence electrons. The molecule has 2 atom stereocenters. The van der Waals surface area contributed by atoms with E-state index in [-0.39, 0.29) is 17.9 Å². The molecular weight excluding hydrogens is 278 g/mol. The SMILES string of the molecule is CCN(c1ccc(C(=O)NCC2CNCC2O)cc1)C(C)C. The van der Waals surface area contributed by atoms with Crippen LogP contribution in [0.5, 0.6) is 0 Å². The lowest BCUT2D eigenvalue weighted by Gasteiger charge is -2.27. The van der Waals surface area contributed by atoms with Crippen molar-refractivity contribution >= 4 is 11.6 Å². The van der Waals surface area contributed by atoms with Gasteiger partial charge in [-0.2, -0.15) is 0 Å². The summed E-state index contributed by atoms with van der Waals surface area (Å²) in [5, 5.41) is 15.7. The third-order valence-electron chi connectivity index (χ3n) is 4.25. The fourth-order valence-corrected chi connectivity index (χ4v) is 2.90. The van der Waals surface area contributed by atoms with Crippen molar-refractivity contribution in [2.75, 3.05) is 31.1 Å². The molecule has 5 nitrogen and oxygen atoms in total. The van der Waals surface area contributed by atoms with Crippen LogP contribution in [0.25, 0.3) is 0 Å². The molecule has 5 heteroatoms. The molecule has 2 rings (SSSR count). The first kappa shape index (κ1) is 16.8. The number of nitrogens with zero attached hydrogens (tertiary/aromatic N) is 1. The van der Waals surface area contributed by atoms with Gasteiger partial charge in [0, 0.05) is 49.4 Å². The topological polar surface area (TPSA) is 64.6 Å². The lowest BCUT2D eigenvalue weighted by Crippen LogP contribution is -2.34. The molecule has 0 aliphatic carbocycles.